The van der Waals surface area contributed by atoms with Gasteiger partial charge in [0.05, 0.1) is 17.9 Å². The van der Waals surface area contributed by atoms with Crippen LogP contribution in [0.15, 0.2) is 27.3 Å². The molecule has 0 amide bonds. The molecule has 0 saturated carbocycles. The van der Waals surface area contributed by atoms with Crippen LogP contribution in [0.1, 0.15) is 11.4 Å². The van der Waals surface area contributed by atoms with E-state index in [4.69, 9.17) is 5.73 Å². The van der Waals surface area contributed by atoms with Crippen LogP contribution in [0.4, 0.5) is 5.82 Å². The molecule has 16 heavy (non-hydrogen) atoms. The van der Waals surface area contributed by atoms with E-state index >= 15 is 0 Å². The highest BCUT2D eigenvalue weighted by Crippen LogP contribution is 2.21. The first-order valence-corrected chi connectivity index (χ1v) is 6.24. The Morgan fingerprint density at radius 3 is 2.69 bits per heavy atom. The van der Waals surface area contributed by atoms with Crippen molar-refractivity contribution >= 4 is 37.7 Å². The predicted octanol–water partition coefficient (Wildman–Crippen LogP) is 2.74. The standard InChI is InChI=1S/C10H10Br2N4/c1-6-2-10(13)16(15-6)5-9-8(12)3-7(11)4-14-9/h2-4H,5,13H2,1H3. The number of aromatic nitrogens is 3. The molecule has 2 N–H and O–H groups in total. The van der Waals surface area contributed by atoms with Crippen LogP contribution in [0.25, 0.3) is 0 Å². The largest absolute Gasteiger partial charge is 0.384 e. The number of pyridine rings is 1. The van der Waals surface area contributed by atoms with Gasteiger partial charge in [0.1, 0.15) is 5.82 Å². The fourth-order valence-corrected chi connectivity index (χ4v) is 2.51. The Morgan fingerprint density at radius 2 is 2.12 bits per heavy atom. The molecule has 2 aromatic heterocycles. The van der Waals surface area contributed by atoms with E-state index in [1.54, 1.807) is 10.9 Å². The van der Waals surface area contributed by atoms with Crippen molar-refractivity contribution in [3.8, 4) is 0 Å². The molecule has 0 bridgehead atoms. The van der Waals surface area contributed by atoms with Gasteiger partial charge in [0.2, 0.25) is 0 Å². The number of rotatable bonds is 2. The molecule has 0 saturated heterocycles. The molecule has 0 aliphatic rings. The molecule has 2 heterocycles. The van der Waals surface area contributed by atoms with Crippen LogP contribution in [-0.2, 0) is 6.54 Å². The number of nitrogens with zero attached hydrogens (tertiary/aromatic N) is 3. The number of halogens is 2. The average molecular weight is 346 g/mol. The van der Waals surface area contributed by atoms with Crippen molar-refractivity contribution in [3.05, 3.63) is 38.7 Å². The van der Waals surface area contributed by atoms with Gasteiger partial charge in [-0.15, -0.1) is 0 Å². The van der Waals surface area contributed by atoms with Gasteiger partial charge in [0, 0.05) is 21.2 Å². The van der Waals surface area contributed by atoms with Gasteiger partial charge in [0.15, 0.2) is 0 Å². The van der Waals surface area contributed by atoms with E-state index in [1.807, 2.05) is 19.1 Å². The first-order valence-electron chi connectivity index (χ1n) is 4.66. The highest BCUT2D eigenvalue weighted by Gasteiger charge is 2.07. The minimum Gasteiger partial charge on any atom is -0.384 e. The quantitative estimate of drug-likeness (QED) is 0.910. The van der Waals surface area contributed by atoms with E-state index in [-0.39, 0.29) is 0 Å². The molecular formula is C10H10Br2N4. The number of nitrogen functional groups attached to an aromatic ring is 1. The molecule has 0 aromatic carbocycles. The number of hydrogen-bond donors (Lipinski definition) is 1. The molecule has 84 valence electrons. The highest BCUT2D eigenvalue weighted by atomic mass is 79.9. The number of aryl methyl sites for hydroxylation is 1. The molecule has 0 aliphatic heterocycles. The van der Waals surface area contributed by atoms with Gasteiger partial charge < -0.3 is 5.73 Å². The zero-order valence-electron chi connectivity index (χ0n) is 8.61. The van der Waals surface area contributed by atoms with Gasteiger partial charge in [-0.3, -0.25) is 4.98 Å². The third-order valence-corrected chi connectivity index (χ3v) is 3.24. The second-order valence-electron chi connectivity index (χ2n) is 3.45. The third-order valence-electron chi connectivity index (χ3n) is 2.12. The van der Waals surface area contributed by atoms with Crippen LogP contribution in [0.2, 0.25) is 0 Å². The Hall–Kier alpha value is -0.880. The van der Waals surface area contributed by atoms with Gasteiger partial charge in [0.25, 0.3) is 0 Å². The summed E-state index contributed by atoms with van der Waals surface area (Å²) in [5.74, 6) is 0.647. The van der Waals surface area contributed by atoms with E-state index in [1.165, 1.54) is 0 Å². The van der Waals surface area contributed by atoms with Crippen molar-refractivity contribution in [1.82, 2.24) is 14.8 Å². The van der Waals surface area contributed by atoms with Gasteiger partial charge in [-0.2, -0.15) is 5.10 Å². The van der Waals surface area contributed by atoms with Crippen molar-refractivity contribution in [2.75, 3.05) is 5.73 Å². The first kappa shape index (κ1) is 11.6. The summed E-state index contributed by atoms with van der Waals surface area (Å²) < 4.78 is 3.61. The Kier molecular flexibility index (Phi) is 3.30. The van der Waals surface area contributed by atoms with Gasteiger partial charge in [-0.05, 0) is 44.8 Å². The van der Waals surface area contributed by atoms with Gasteiger partial charge >= 0.3 is 0 Å². The van der Waals surface area contributed by atoms with E-state index in [0.717, 1.165) is 20.3 Å². The summed E-state index contributed by atoms with van der Waals surface area (Å²) in [6, 6.07) is 3.79. The topological polar surface area (TPSA) is 56.7 Å². The third kappa shape index (κ3) is 2.44. The van der Waals surface area contributed by atoms with Crippen LogP contribution in [0.3, 0.4) is 0 Å². The fourth-order valence-electron chi connectivity index (χ4n) is 1.39. The smallest absolute Gasteiger partial charge is 0.122 e. The Bertz CT molecular complexity index is 522. The maximum Gasteiger partial charge on any atom is 0.122 e. The Balaban J connectivity index is 2.30. The predicted molar refractivity (Wildman–Crippen MR) is 70.1 cm³/mol. The normalized spacial score (nSPS) is 10.7. The zero-order chi connectivity index (χ0) is 11.7. The zero-order valence-corrected chi connectivity index (χ0v) is 11.8. The molecule has 2 rings (SSSR count). The molecule has 2 aromatic rings. The summed E-state index contributed by atoms with van der Waals surface area (Å²) in [5.41, 5.74) is 7.63. The molecule has 0 atom stereocenters. The van der Waals surface area contributed by atoms with Crippen LogP contribution in [0.5, 0.6) is 0 Å². The highest BCUT2D eigenvalue weighted by molar-refractivity contribution is 9.11. The minimum absolute atomic E-state index is 0.563. The lowest BCUT2D eigenvalue weighted by molar-refractivity contribution is 0.673. The van der Waals surface area contributed by atoms with Crippen molar-refractivity contribution in [3.63, 3.8) is 0 Å². The average Bonchev–Trinajstić information content (AvgIpc) is 2.50. The fraction of sp³-hybridized carbons (Fsp3) is 0.200. The summed E-state index contributed by atoms with van der Waals surface area (Å²) in [6.45, 7) is 2.48. The van der Waals surface area contributed by atoms with Crippen LogP contribution in [-0.4, -0.2) is 14.8 Å². The van der Waals surface area contributed by atoms with Crippen molar-refractivity contribution < 1.29 is 0 Å². The lowest BCUT2D eigenvalue weighted by atomic mass is 10.3. The summed E-state index contributed by atoms with van der Waals surface area (Å²) >= 11 is 6.82. The van der Waals surface area contributed by atoms with E-state index < -0.39 is 0 Å². The second kappa shape index (κ2) is 4.55. The van der Waals surface area contributed by atoms with Crippen LogP contribution < -0.4 is 5.73 Å². The van der Waals surface area contributed by atoms with Gasteiger partial charge in [-0.1, -0.05) is 0 Å². The Labute approximate surface area is 110 Å². The monoisotopic (exact) mass is 344 g/mol. The lowest BCUT2D eigenvalue weighted by Crippen LogP contribution is -2.07. The molecule has 0 unspecified atom stereocenters. The molecule has 6 heteroatoms. The second-order valence-corrected chi connectivity index (χ2v) is 5.22. The molecule has 0 fully saturated rings. The van der Waals surface area contributed by atoms with Crippen LogP contribution >= 0.6 is 31.9 Å². The molecule has 4 nitrogen and oxygen atoms in total. The first-order chi connectivity index (χ1) is 7.56. The summed E-state index contributed by atoms with van der Waals surface area (Å²) in [6.07, 6.45) is 1.76. The lowest BCUT2D eigenvalue weighted by Gasteiger charge is -2.05. The molecule has 0 radical (unpaired) electrons. The van der Waals surface area contributed by atoms with E-state index in [0.29, 0.717) is 12.4 Å². The summed E-state index contributed by atoms with van der Waals surface area (Å²) in [5, 5.41) is 4.29. The minimum atomic E-state index is 0.563. The van der Waals surface area contributed by atoms with Crippen molar-refractivity contribution in [2.24, 2.45) is 0 Å². The number of nitrogens with two attached hydrogens (primary N) is 1. The van der Waals surface area contributed by atoms with E-state index in [2.05, 4.69) is 41.9 Å². The van der Waals surface area contributed by atoms with Crippen LogP contribution in [0, 0.1) is 6.92 Å². The maximum atomic E-state index is 5.82. The summed E-state index contributed by atoms with van der Waals surface area (Å²) in [7, 11) is 0. The number of hydrogen-bond acceptors (Lipinski definition) is 3. The molecule has 0 spiro atoms. The molecular weight excluding hydrogens is 336 g/mol. The van der Waals surface area contributed by atoms with Crippen molar-refractivity contribution in [1.29, 1.82) is 0 Å². The van der Waals surface area contributed by atoms with Crippen molar-refractivity contribution in [2.45, 2.75) is 13.5 Å². The summed E-state index contributed by atoms with van der Waals surface area (Å²) in [4.78, 5) is 4.31. The number of anilines is 1. The molecule has 0 aliphatic carbocycles. The van der Waals surface area contributed by atoms with Gasteiger partial charge in [-0.25, -0.2) is 4.68 Å². The Morgan fingerprint density at radius 1 is 1.38 bits per heavy atom. The van der Waals surface area contributed by atoms with E-state index in [9.17, 15) is 0 Å². The maximum absolute atomic E-state index is 5.82. The SMILES string of the molecule is Cc1cc(N)n(Cc2ncc(Br)cc2Br)n1.